The van der Waals surface area contributed by atoms with Crippen LogP contribution >= 0.6 is 0 Å². The first-order chi connectivity index (χ1) is 14.8. The van der Waals surface area contributed by atoms with Gasteiger partial charge in [-0.1, -0.05) is 43.7 Å². The molecule has 2 aromatic rings. The second-order valence-electron chi connectivity index (χ2n) is 7.05. The molecule has 0 saturated carbocycles. The van der Waals surface area contributed by atoms with Crippen molar-refractivity contribution in [3.8, 4) is 0 Å². The Morgan fingerprint density at radius 3 is 2.27 bits per heavy atom. The quantitative estimate of drug-likeness (QED) is 0.600. The maximum atomic E-state index is 5.50. The fourth-order valence-electron chi connectivity index (χ4n) is 3.44. The summed E-state index contributed by atoms with van der Waals surface area (Å²) in [6, 6.07) is 12.5. The minimum Gasteiger partial charge on any atom is -0.378 e. The Labute approximate surface area is 179 Å². The van der Waals surface area contributed by atoms with E-state index in [1.807, 2.05) is 32.2 Å². The van der Waals surface area contributed by atoms with Crippen molar-refractivity contribution in [2.45, 2.75) is 20.8 Å². The van der Waals surface area contributed by atoms with Gasteiger partial charge in [-0.2, -0.15) is 5.10 Å². The molecule has 7 nitrogen and oxygen atoms in total. The average Bonchev–Trinajstić information content (AvgIpc) is 2.81. The van der Waals surface area contributed by atoms with Gasteiger partial charge >= 0.3 is 0 Å². The van der Waals surface area contributed by atoms with Crippen LogP contribution in [0.15, 0.2) is 41.5 Å². The van der Waals surface area contributed by atoms with Gasteiger partial charge in [-0.25, -0.2) is 4.98 Å². The lowest BCUT2D eigenvalue weighted by Gasteiger charge is -2.32. The van der Waals surface area contributed by atoms with Gasteiger partial charge in [0.1, 0.15) is 5.82 Å². The number of pyridine rings is 1. The predicted octanol–water partition coefficient (Wildman–Crippen LogP) is 3.54. The van der Waals surface area contributed by atoms with Gasteiger partial charge in [0.25, 0.3) is 0 Å². The maximum absolute atomic E-state index is 5.50. The Hall–Kier alpha value is -2.64. The van der Waals surface area contributed by atoms with E-state index in [4.69, 9.17) is 14.5 Å². The highest BCUT2D eigenvalue weighted by atomic mass is 16.5. The van der Waals surface area contributed by atoms with Gasteiger partial charge in [0.15, 0.2) is 5.82 Å². The van der Waals surface area contributed by atoms with Gasteiger partial charge in [0, 0.05) is 44.0 Å². The lowest BCUT2D eigenvalue weighted by atomic mass is 10.2. The van der Waals surface area contributed by atoms with Gasteiger partial charge in [-0.3, -0.25) is 5.43 Å². The van der Waals surface area contributed by atoms with E-state index < -0.39 is 0 Å². The summed E-state index contributed by atoms with van der Waals surface area (Å²) in [7, 11) is 0. The van der Waals surface area contributed by atoms with Crippen LogP contribution in [0.3, 0.4) is 0 Å². The van der Waals surface area contributed by atoms with E-state index >= 15 is 0 Å². The molecule has 0 unspecified atom stereocenters. The molecule has 2 fully saturated rings. The third-order valence-electron chi connectivity index (χ3n) is 4.94. The second kappa shape index (κ2) is 11.5. The summed E-state index contributed by atoms with van der Waals surface area (Å²) < 4.78 is 11.0. The summed E-state index contributed by atoms with van der Waals surface area (Å²) in [5.74, 6) is 1.70. The zero-order chi connectivity index (χ0) is 21.2. The number of aryl methyl sites for hydroxylation is 1. The molecule has 0 atom stereocenters. The van der Waals surface area contributed by atoms with Gasteiger partial charge < -0.3 is 19.3 Å². The molecule has 0 amide bonds. The maximum Gasteiger partial charge on any atom is 0.150 e. The van der Waals surface area contributed by atoms with Gasteiger partial charge in [-0.05, 0) is 12.5 Å². The summed E-state index contributed by atoms with van der Waals surface area (Å²) in [4.78, 5) is 9.39. The van der Waals surface area contributed by atoms with Crippen molar-refractivity contribution in [1.29, 1.82) is 0 Å². The molecular formula is C23H33N5O2. The fourth-order valence-corrected chi connectivity index (χ4v) is 3.44. The molecular weight excluding hydrogens is 378 g/mol. The smallest absolute Gasteiger partial charge is 0.150 e. The van der Waals surface area contributed by atoms with Crippen molar-refractivity contribution >= 4 is 23.5 Å². The van der Waals surface area contributed by atoms with Crippen LogP contribution in [0.4, 0.5) is 17.3 Å². The summed E-state index contributed by atoms with van der Waals surface area (Å²) in [5.41, 5.74) is 6.53. The van der Waals surface area contributed by atoms with Crippen molar-refractivity contribution in [2.75, 3.05) is 67.8 Å². The molecule has 2 aliphatic rings. The van der Waals surface area contributed by atoms with Crippen LogP contribution in [0.2, 0.25) is 0 Å². The van der Waals surface area contributed by atoms with E-state index in [0.717, 1.165) is 75.5 Å². The molecule has 0 radical (unpaired) electrons. The molecule has 2 aliphatic heterocycles. The number of ether oxygens (including phenoxy) is 2. The SMILES string of the molecule is CC.Cc1cccc(/C=N/Nc2cc(N3CCOCC3)cc(N3CCOCC3)n2)c1. The van der Waals surface area contributed by atoms with Crippen LogP contribution in [0.5, 0.6) is 0 Å². The highest BCUT2D eigenvalue weighted by Crippen LogP contribution is 2.26. The normalized spacial score (nSPS) is 16.9. The monoisotopic (exact) mass is 411 g/mol. The molecule has 1 aromatic heterocycles. The molecule has 0 bridgehead atoms. The molecule has 3 heterocycles. The molecule has 30 heavy (non-hydrogen) atoms. The van der Waals surface area contributed by atoms with E-state index in [-0.39, 0.29) is 0 Å². The van der Waals surface area contributed by atoms with E-state index in [1.165, 1.54) is 5.56 Å². The van der Waals surface area contributed by atoms with Crippen molar-refractivity contribution in [3.05, 3.63) is 47.5 Å². The highest BCUT2D eigenvalue weighted by Gasteiger charge is 2.18. The van der Waals surface area contributed by atoms with Gasteiger partial charge in [0.05, 0.1) is 32.6 Å². The van der Waals surface area contributed by atoms with Crippen LogP contribution in [-0.2, 0) is 9.47 Å². The Morgan fingerprint density at radius 2 is 1.60 bits per heavy atom. The Bertz CT molecular complexity index is 779. The molecule has 0 spiro atoms. The van der Waals surface area contributed by atoms with Gasteiger partial charge in [-0.15, -0.1) is 0 Å². The number of hydrogen-bond donors (Lipinski definition) is 1. The molecule has 4 rings (SSSR count). The van der Waals surface area contributed by atoms with E-state index in [1.54, 1.807) is 0 Å². The first kappa shape index (κ1) is 22.1. The lowest BCUT2D eigenvalue weighted by molar-refractivity contribution is 0.122. The Balaban J connectivity index is 0.00000124. The minimum atomic E-state index is 0.734. The van der Waals surface area contributed by atoms with Crippen molar-refractivity contribution in [2.24, 2.45) is 5.10 Å². The third kappa shape index (κ3) is 6.18. The zero-order valence-electron chi connectivity index (χ0n) is 18.3. The second-order valence-corrected chi connectivity index (χ2v) is 7.05. The number of benzene rings is 1. The topological polar surface area (TPSA) is 62.2 Å². The number of morpholine rings is 2. The van der Waals surface area contributed by atoms with E-state index in [9.17, 15) is 0 Å². The number of nitrogens with one attached hydrogen (secondary N) is 1. The average molecular weight is 412 g/mol. The molecule has 0 aliphatic carbocycles. The summed E-state index contributed by atoms with van der Waals surface area (Å²) in [6.07, 6.45) is 1.82. The zero-order valence-corrected chi connectivity index (χ0v) is 18.3. The van der Waals surface area contributed by atoms with Crippen molar-refractivity contribution in [1.82, 2.24) is 4.98 Å². The molecule has 1 aromatic carbocycles. The number of aromatic nitrogens is 1. The minimum absolute atomic E-state index is 0.734. The number of rotatable bonds is 5. The van der Waals surface area contributed by atoms with Crippen LogP contribution in [0.25, 0.3) is 0 Å². The summed E-state index contributed by atoms with van der Waals surface area (Å²) in [6.45, 7) is 12.5. The van der Waals surface area contributed by atoms with E-state index in [2.05, 4.69) is 51.5 Å². The van der Waals surface area contributed by atoms with Gasteiger partial charge in [0.2, 0.25) is 0 Å². The van der Waals surface area contributed by atoms with Crippen LogP contribution in [0, 0.1) is 6.92 Å². The third-order valence-corrected chi connectivity index (χ3v) is 4.94. The van der Waals surface area contributed by atoms with Crippen molar-refractivity contribution < 1.29 is 9.47 Å². The fraction of sp³-hybridized carbons (Fsp3) is 0.478. The first-order valence-electron chi connectivity index (χ1n) is 10.8. The molecule has 7 heteroatoms. The largest absolute Gasteiger partial charge is 0.378 e. The molecule has 2 saturated heterocycles. The van der Waals surface area contributed by atoms with Crippen LogP contribution in [0.1, 0.15) is 25.0 Å². The Kier molecular flexibility index (Phi) is 8.47. The summed E-state index contributed by atoms with van der Waals surface area (Å²) >= 11 is 0. The van der Waals surface area contributed by atoms with Crippen molar-refractivity contribution in [3.63, 3.8) is 0 Å². The van der Waals surface area contributed by atoms with Crippen LogP contribution < -0.4 is 15.2 Å². The predicted molar refractivity (Wildman–Crippen MR) is 124 cm³/mol. The van der Waals surface area contributed by atoms with E-state index in [0.29, 0.717) is 0 Å². The highest BCUT2D eigenvalue weighted by molar-refractivity contribution is 5.80. The number of nitrogens with zero attached hydrogens (tertiary/aromatic N) is 4. The number of hydrazone groups is 1. The standard InChI is InChI=1S/C21H27N5O2.C2H6/c1-17-3-2-4-18(13-17)16-22-24-20-14-19(25-5-9-27-10-6-25)15-21(23-20)26-7-11-28-12-8-26;1-2/h2-4,13-16H,5-12H2,1H3,(H,23,24);1-2H3/b22-16+;. The molecule has 1 N–H and O–H groups in total. The lowest BCUT2D eigenvalue weighted by Crippen LogP contribution is -2.38. The molecule has 162 valence electrons. The summed E-state index contributed by atoms with van der Waals surface area (Å²) in [5, 5.41) is 4.40. The van der Waals surface area contributed by atoms with Crippen LogP contribution in [-0.4, -0.2) is 63.8 Å². The Morgan fingerprint density at radius 1 is 0.933 bits per heavy atom. The number of hydrogen-bond acceptors (Lipinski definition) is 7. The number of anilines is 3. The first-order valence-corrected chi connectivity index (χ1v) is 10.8.